The molecule has 0 aliphatic heterocycles. The van der Waals surface area contributed by atoms with Gasteiger partial charge >= 0.3 is 5.97 Å². The molecule has 1 heterocycles. The first kappa shape index (κ1) is 13.9. The van der Waals surface area contributed by atoms with Crippen LogP contribution in [0, 0.1) is 10.7 Å². The van der Waals surface area contributed by atoms with Gasteiger partial charge in [-0.15, -0.1) is 0 Å². The molecule has 0 fully saturated rings. The van der Waals surface area contributed by atoms with Crippen molar-refractivity contribution in [2.24, 2.45) is 5.92 Å². The van der Waals surface area contributed by atoms with Gasteiger partial charge in [-0.05, 0) is 24.6 Å². The van der Waals surface area contributed by atoms with Crippen molar-refractivity contribution in [1.82, 2.24) is 14.8 Å². The van der Waals surface area contributed by atoms with E-state index in [1.54, 1.807) is 4.57 Å². The van der Waals surface area contributed by atoms with E-state index in [1.165, 1.54) is 7.11 Å². The fourth-order valence-corrected chi connectivity index (χ4v) is 2.09. The second kappa shape index (κ2) is 5.95. The number of hydrogen-bond acceptors (Lipinski definition) is 4. The molecule has 0 aromatic carbocycles. The van der Waals surface area contributed by atoms with Crippen molar-refractivity contribution in [3.63, 3.8) is 0 Å². The van der Waals surface area contributed by atoms with E-state index < -0.39 is 6.04 Å². The minimum Gasteiger partial charge on any atom is -0.467 e. The molecule has 0 amide bonds. The van der Waals surface area contributed by atoms with Gasteiger partial charge in [-0.2, -0.15) is 5.10 Å². The van der Waals surface area contributed by atoms with Crippen molar-refractivity contribution < 1.29 is 9.53 Å². The highest BCUT2D eigenvalue weighted by atomic mass is 32.1. The number of ether oxygens (including phenoxy) is 1. The molecule has 0 aliphatic rings. The Morgan fingerprint density at radius 2 is 2.24 bits per heavy atom. The number of rotatable bonds is 5. The Morgan fingerprint density at radius 3 is 2.71 bits per heavy atom. The Kier molecular flexibility index (Phi) is 4.86. The molecule has 17 heavy (non-hydrogen) atoms. The summed E-state index contributed by atoms with van der Waals surface area (Å²) in [5.41, 5.74) is 0. The third-order valence-electron chi connectivity index (χ3n) is 2.60. The molecule has 0 bridgehead atoms. The number of esters is 1. The third kappa shape index (κ3) is 2.94. The van der Waals surface area contributed by atoms with Gasteiger partial charge in [0.1, 0.15) is 11.9 Å². The molecule has 6 heteroatoms. The van der Waals surface area contributed by atoms with Crippen LogP contribution in [0.25, 0.3) is 0 Å². The molecule has 0 aliphatic carbocycles. The van der Waals surface area contributed by atoms with Crippen LogP contribution in [0.2, 0.25) is 0 Å². The van der Waals surface area contributed by atoms with Gasteiger partial charge in [0.05, 0.1) is 7.11 Å². The number of aryl methyl sites for hydroxylation is 1. The number of H-pyrrole nitrogens is 1. The van der Waals surface area contributed by atoms with Crippen molar-refractivity contribution in [2.75, 3.05) is 7.11 Å². The SMILES string of the molecule is CCCc1n[nH]c(=S)n1C(C(=O)OC)C(C)C. The lowest BCUT2D eigenvalue weighted by molar-refractivity contribution is -0.146. The number of nitrogens with one attached hydrogen (secondary N) is 1. The van der Waals surface area contributed by atoms with Crippen molar-refractivity contribution in [3.05, 3.63) is 10.6 Å². The lowest BCUT2D eigenvalue weighted by Crippen LogP contribution is -2.27. The lowest BCUT2D eigenvalue weighted by atomic mass is 10.0. The first-order valence-corrected chi connectivity index (χ1v) is 6.17. The summed E-state index contributed by atoms with van der Waals surface area (Å²) < 4.78 is 7.08. The molecule has 0 radical (unpaired) electrons. The number of hydrogen-bond donors (Lipinski definition) is 1. The molecule has 1 N–H and O–H groups in total. The normalized spacial score (nSPS) is 12.8. The summed E-state index contributed by atoms with van der Waals surface area (Å²) in [5.74, 6) is 0.624. The molecular weight excluding hydrogens is 238 g/mol. The maximum atomic E-state index is 11.8. The van der Waals surface area contributed by atoms with Crippen LogP contribution in [0.15, 0.2) is 0 Å². The van der Waals surface area contributed by atoms with Crippen LogP contribution in [0.1, 0.15) is 39.1 Å². The Labute approximate surface area is 106 Å². The van der Waals surface area contributed by atoms with E-state index in [2.05, 4.69) is 17.1 Å². The molecule has 1 aromatic rings. The predicted molar refractivity (Wildman–Crippen MR) is 67.3 cm³/mol. The van der Waals surface area contributed by atoms with Gasteiger partial charge in [-0.25, -0.2) is 4.79 Å². The van der Waals surface area contributed by atoms with Crippen LogP contribution in [0.4, 0.5) is 0 Å². The summed E-state index contributed by atoms with van der Waals surface area (Å²) in [5, 5.41) is 6.91. The number of carbonyl (C=O) groups is 1. The average molecular weight is 257 g/mol. The van der Waals surface area contributed by atoms with E-state index in [0.717, 1.165) is 18.7 Å². The van der Waals surface area contributed by atoms with Crippen LogP contribution in [-0.4, -0.2) is 27.8 Å². The molecule has 1 rings (SSSR count). The molecule has 1 aromatic heterocycles. The van der Waals surface area contributed by atoms with Crippen molar-refractivity contribution in [3.8, 4) is 0 Å². The molecule has 0 saturated heterocycles. The maximum absolute atomic E-state index is 11.8. The Balaban J connectivity index is 3.22. The van der Waals surface area contributed by atoms with Crippen LogP contribution in [0.5, 0.6) is 0 Å². The minimum absolute atomic E-state index is 0.0994. The standard InChI is InChI=1S/C11H19N3O2S/c1-5-6-8-12-13-11(17)14(8)9(7(2)3)10(15)16-4/h7,9H,5-6H2,1-4H3,(H,13,17). The zero-order valence-electron chi connectivity index (χ0n) is 10.7. The van der Waals surface area contributed by atoms with E-state index in [9.17, 15) is 4.79 Å². The van der Waals surface area contributed by atoms with Crippen LogP contribution in [-0.2, 0) is 16.0 Å². The molecule has 0 saturated carbocycles. The molecule has 0 spiro atoms. The number of nitrogens with zero attached hydrogens (tertiary/aromatic N) is 2. The van der Waals surface area contributed by atoms with Gasteiger partial charge in [-0.1, -0.05) is 20.8 Å². The highest BCUT2D eigenvalue weighted by molar-refractivity contribution is 7.71. The number of aromatic nitrogens is 3. The molecule has 1 unspecified atom stereocenters. The van der Waals surface area contributed by atoms with Gasteiger partial charge < -0.3 is 4.74 Å². The first-order valence-electron chi connectivity index (χ1n) is 5.76. The second-order valence-electron chi connectivity index (χ2n) is 4.28. The van der Waals surface area contributed by atoms with Gasteiger partial charge in [0.2, 0.25) is 0 Å². The maximum Gasteiger partial charge on any atom is 0.329 e. The molecule has 96 valence electrons. The minimum atomic E-state index is -0.409. The number of carbonyl (C=O) groups excluding carboxylic acids is 1. The molecule has 5 nitrogen and oxygen atoms in total. The Morgan fingerprint density at radius 1 is 1.59 bits per heavy atom. The number of methoxy groups -OCH3 is 1. The average Bonchev–Trinajstić information content (AvgIpc) is 2.62. The highest BCUT2D eigenvalue weighted by Crippen LogP contribution is 2.21. The summed E-state index contributed by atoms with van der Waals surface area (Å²) in [6.45, 7) is 5.99. The summed E-state index contributed by atoms with van der Waals surface area (Å²) in [4.78, 5) is 11.8. The van der Waals surface area contributed by atoms with E-state index in [4.69, 9.17) is 17.0 Å². The van der Waals surface area contributed by atoms with E-state index >= 15 is 0 Å². The summed E-state index contributed by atoms with van der Waals surface area (Å²) in [6, 6.07) is -0.409. The van der Waals surface area contributed by atoms with Gasteiger partial charge in [0, 0.05) is 6.42 Å². The quantitative estimate of drug-likeness (QED) is 0.649. The van der Waals surface area contributed by atoms with Crippen molar-refractivity contribution in [1.29, 1.82) is 0 Å². The molecule has 1 atom stereocenters. The van der Waals surface area contributed by atoms with Crippen LogP contribution < -0.4 is 0 Å². The number of aromatic amines is 1. The first-order chi connectivity index (χ1) is 8.02. The lowest BCUT2D eigenvalue weighted by Gasteiger charge is -2.21. The van der Waals surface area contributed by atoms with Crippen molar-refractivity contribution in [2.45, 2.75) is 39.7 Å². The van der Waals surface area contributed by atoms with Crippen molar-refractivity contribution >= 4 is 18.2 Å². The predicted octanol–water partition coefficient (Wildman–Crippen LogP) is 2.26. The zero-order valence-corrected chi connectivity index (χ0v) is 11.5. The fraction of sp³-hybridized carbons (Fsp3) is 0.727. The van der Waals surface area contributed by atoms with E-state index in [-0.39, 0.29) is 11.9 Å². The Bertz CT molecular complexity index is 436. The van der Waals surface area contributed by atoms with Gasteiger partial charge in [0.25, 0.3) is 0 Å². The summed E-state index contributed by atoms with van der Waals surface area (Å²) in [6.07, 6.45) is 1.74. The third-order valence-corrected chi connectivity index (χ3v) is 2.89. The summed E-state index contributed by atoms with van der Waals surface area (Å²) >= 11 is 5.19. The topological polar surface area (TPSA) is 59.9 Å². The monoisotopic (exact) mass is 257 g/mol. The molecular formula is C11H19N3O2S. The zero-order chi connectivity index (χ0) is 13.0. The van der Waals surface area contributed by atoms with Gasteiger partial charge in [0.15, 0.2) is 4.77 Å². The van der Waals surface area contributed by atoms with E-state index in [1.807, 2.05) is 13.8 Å². The van der Waals surface area contributed by atoms with Crippen LogP contribution in [0.3, 0.4) is 0 Å². The summed E-state index contributed by atoms with van der Waals surface area (Å²) in [7, 11) is 1.39. The Hall–Kier alpha value is -1.17. The fourth-order valence-electron chi connectivity index (χ4n) is 1.82. The smallest absolute Gasteiger partial charge is 0.329 e. The largest absolute Gasteiger partial charge is 0.467 e. The van der Waals surface area contributed by atoms with E-state index in [0.29, 0.717) is 4.77 Å². The van der Waals surface area contributed by atoms with Crippen LogP contribution >= 0.6 is 12.2 Å². The highest BCUT2D eigenvalue weighted by Gasteiger charge is 2.28. The second-order valence-corrected chi connectivity index (χ2v) is 4.66. The van der Waals surface area contributed by atoms with Gasteiger partial charge in [-0.3, -0.25) is 9.67 Å².